The Bertz CT molecular complexity index is 305. The molecule has 14 heavy (non-hydrogen) atoms. The van der Waals surface area contributed by atoms with E-state index in [4.69, 9.17) is 5.73 Å². The first-order chi connectivity index (χ1) is 6.33. The van der Waals surface area contributed by atoms with Crippen molar-refractivity contribution in [3.05, 3.63) is 11.1 Å². The van der Waals surface area contributed by atoms with Gasteiger partial charge in [0.1, 0.15) is 0 Å². The summed E-state index contributed by atoms with van der Waals surface area (Å²) in [5.41, 5.74) is 5.98. The van der Waals surface area contributed by atoms with Gasteiger partial charge in [-0.15, -0.1) is 0 Å². The van der Waals surface area contributed by atoms with E-state index in [1.807, 2.05) is 0 Å². The molecule has 0 aromatic rings. The molecule has 1 heterocycles. The number of amides is 2. The monoisotopic (exact) mass is 196 g/mol. The second-order valence-electron chi connectivity index (χ2n) is 4.21. The molecule has 0 atom stereocenters. The average molecular weight is 196 g/mol. The molecule has 0 saturated heterocycles. The number of imide groups is 1. The van der Waals surface area contributed by atoms with Crippen LogP contribution in [-0.2, 0) is 9.59 Å². The van der Waals surface area contributed by atoms with Gasteiger partial charge in [-0.05, 0) is 27.7 Å². The number of hydrogen-bond donors (Lipinski definition) is 1. The van der Waals surface area contributed by atoms with Crippen LogP contribution >= 0.6 is 0 Å². The molecule has 78 valence electrons. The molecule has 4 heteroatoms. The summed E-state index contributed by atoms with van der Waals surface area (Å²) in [6.45, 7) is 7.18. The summed E-state index contributed by atoms with van der Waals surface area (Å²) in [5, 5.41) is 0. The topological polar surface area (TPSA) is 63.4 Å². The van der Waals surface area contributed by atoms with E-state index in [2.05, 4.69) is 0 Å². The van der Waals surface area contributed by atoms with Gasteiger partial charge >= 0.3 is 0 Å². The van der Waals surface area contributed by atoms with Gasteiger partial charge in [0.15, 0.2) is 0 Å². The third kappa shape index (κ3) is 1.35. The Balaban J connectivity index is 3.10. The van der Waals surface area contributed by atoms with Crippen molar-refractivity contribution < 1.29 is 9.59 Å². The van der Waals surface area contributed by atoms with Gasteiger partial charge in [-0.1, -0.05) is 0 Å². The molecule has 0 fully saturated rings. The van der Waals surface area contributed by atoms with Gasteiger partial charge in [0.2, 0.25) is 0 Å². The first-order valence-corrected chi connectivity index (χ1v) is 4.59. The van der Waals surface area contributed by atoms with Crippen LogP contribution in [0.1, 0.15) is 27.7 Å². The molecule has 0 unspecified atom stereocenters. The molecule has 2 N–H and O–H groups in total. The maximum Gasteiger partial charge on any atom is 0.257 e. The van der Waals surface area contributed by atoms with Crippen molar-refractivity contribution in [3.63, 3.8) is 0 Å². The number of carbonyl (C=O) groups is 2. The minimum absolute atomic E-state index is 0.219. The largest absolute Gasteiger partial charge is 0.328 e. The summed E-state index contributed by atoms with van der Waals surface area (Å²) in [4.78, 5) is 24.7. The first kappa shape index (κ1) is 10.9. The predicted molar refractivity (Wildman–Crippen MR) is 53.4 cm³/mol. The summed E-state index contributed by atoms with van der Waals surface area (Å²) < 4.78 is 0. The van der Waals surface area contributed by atoms with Crippen LogP contribution in [0.25, 0.3) is 0 Å². The number of rotatable bonds is 2. The van der Waals surface area contributed by atoms with Crippen LogP contribution in [0, 0.1) is 0 Å². The van der Waals surface area contributed by atoms with Crippen molar-refractivity contribution in [3.8, 4) is 0 Å². The van der Waals surface area contributed by atoms with E-state index in [9.17, 15) is 9.59 Å². The molecule has 0 aliphatic carbocycles. The quantitative estimate of drug-likeness (QED) is 0.651. The minimum atomic E-state index is -0.604. The molecule has 0 saturated carbocycles. The first-order valence-electron chi connectivity index (χ1n) is 4.59. The molecule has 2 amide bonds. The fourth-order valence-electron chi connectivity index (χ4n) is 1.39. The minimum Gasteiger partial charge on any atom is -0.328 e. The highest BCUT2D eigenvalue weighted by molar-refractivity contribution is 6.19. The molecule has 0 radical (unpaired) electrons. The van der Waals surface area contributed by atoms with Crippen LogP contribution in [0.4, 0.5) is 0 Å². The van der Waals surface area contributed by atoms with Crippen LogP contribution in [0.5, 0.6) is 0 Å². The molecule has 4 nitrogen and oxygen atoms in total. The lowest BCUT2D eigenvalue weighted by Crippen LogP contribution is -2.52. The van der Waals surface area contributed by atoms with Crippen LogP contribution in [0.2, 0.25) is 0 Å². The summed E-state index contributed by atoms with van der Waals surface area (Å²) >= 11 is 0. The second-order valence-corrected chi connectivity index (χ2v) is 4.21. The Kier molecular flexibility index (Phi) is 2.50. The van der Waals surface area contributed by atoms with Gasteiger partial charge in [0, 0.05) is 17.7 Å². The molecular weight excluding hydrogens is 180 g/mol. The maximum atomic E-state index is 11.7. The molecule has 0 bridgehead atoms. The molecule has 0 aromatic carbocycles. The van der Waals surface area contributed by atoms with E-state index in [0.29, 0.717) is 11.1 Å². The Morgan fingerprint density at radius 2 is 1.50 bits per heavy atom. The predicted octanol–water partition coefficient (Wildman–Crippen LogP) is 0.429. The molecule has 0 spiro atoms. The van der Waals surface area contributed by atoms with Crippen molar-refractivity contribution in [2.24, 2.45) is 5.73 Å². The van der Waals surface area contributed by atoms with Gasteiger partial charge < -0.3 is 5.73 Å². The van der Waals surface area contributed by atoms with Crippen molar-refractivity contribution in [1.82, 2.24) is 4.90 Å². The van der Waals surface area contributed by atoms with Crippen molar-refractivity contribution >= 4 is 11.8 Å². The highest BCUT2D eigenvalue weighted by Gasteiger charge is 2.41. The second kappa shape index (κ2) is 3.20. The molecule has 1 aliphatic rings. The van der Waals surface area contributed by atoms with Gasteiger partial charge in [0.25, 0.3) is 11.8 Å². The summed E-state index contributed by atoms with van der Waals surface area (Å²) in [6.07, 6.45) is 0. The van der Waals surface area contributed by atoms with Gasteiger partial charge in [-0.3, -0.25) is 14.5 Å². The fourth-order valence-corrected chi connectivity index (χ4v) is 1.39. The van der Waals surface area contributed by atoms with Crippen molar-refractivity contribution in [2.75, 3.05) is 6.54 Å². The van der Waals surface area contributed by atoms with E-state index in [1.165, 1.54) is 4.90 Å². The number of hydrogen-bond acceptors (Lipinski definition) is 3. The van der Waals surface area contributed by atoms with Crippen LogP contribution in [0.15, 0.2) is 11.1 Å². The van der Waals surface area contributed by atoms with Crippen LogP contribution < -0.4 is 5.73 Å². The van der Waals surface area contributed by atoms with Gasteiger partial charge in [-0.25, -0.2) is 0 Å². The number of nitrogens with zero attached hydrogens (tertiary/aromatic N) is 1. The van der Waals surface area contributed by atoms with Gasteiger partial charge in [-0.2, -0.15) is 0 Å². The van der Waals surface area contributed by atoms with E-state index >= 15 is 0 Å². The number of carbonyl (C=O) groups excluding carboxylic acids is 2. The maximum absolute atomic E-state index is 11.7. The average Bonchev–Trinajstić information content (AvgIpc) is 2.31. The van der Waals surface area contributed by atoms with Crippen molar-refractivity contribution in [2.45, 2.75) is 33.2 Å². The lowest BCUT2D eigenvalue weighted by molar-refractivity contribution is -0.143. The normalized spacial score (nSPS) is 18.5. The molecule has 1 aliphatic heterocycles. The van der Waals surface area contributed by atoms with Gasteiger partial charge in [0.05, 0.1) is 5.54 Å². The number of nitrogens with two attached hydrogens (primary N) is 1. The van der Waals surface area contributed by atoms with E-state index in [1.54, 1.807) is 27.7 Å². The lowest BCUT2D eigenvalue weighted by atomic mass is 10.0. The van der Waals surface area contributed by atoms with E-state index < -0.39 is 5.54 Å². The zero-order valence-corrected chi connectivity index (χ0v) is 9.05. The highest BCUT2D eigenvalue weighted by Crippen LogP contribution is 2.26. The molecule has 1 rings (SSSR count). The Morgan fingerprint density at radius 1 is 1.14 bits per heavy atom. The zero-order valence-electron chi connectivity index (χ0n) is 9.05. The van der Waals surface area contributed by atoms with E-state index in [-0.39, 0.29) is 18.4 Å². The standard InChI is InChI=1S/C10H16N2O2/c1-6-7(2)9(14)12(8(6)13)10(3,4)5-11/h5,11H2,1-4H3. The van der Waals surface area contributed by atoms with Crippen LogP contribution in [0.3, 0.4) is 0 Å². The summed E-state index contributed by atoms with van der Waals surface area (Å²) in [6, 6.07) is 0. The fraction of sp³-hybridized carbons (Fsp3) is 0.600. The highest BCUT2D eigenvalue weighted by atomic mass is 16.2. The third-order valence-corrected chi connectivity index (χ3v) is 2.72. The third-order valence-electron chi connectivity index (χ3n) is 2.72. The van der Waals surface area contributed by atoms with Crippen molar-refractivity contribution in [1.29, 1.82) is 0 Å². The van der Waals surface area contributed by atoms with Crippen LogP contribution in [-0.4, -0.2) is 28.8 Å². The Labute approximate surface area is 83.8 Å². The lowest BCUT2D eigenvalue weighted by Gasteiger charge is -2.32. The Morgan fingerprint density at radius 3 is 1.79 bits per heavy atom. The zero-order chi connectivity index (χ0) is 11.1. The SMILES string of the molecule is CC1=C(C)C(=O)N(C(C)(C)CN)C1=O. The Hall–Kier alpha value is -1.16. The summed E-state index contributed by atoms with van der Waals surface area (Å²) in [5.74, 6) is -0.439. The smallest absolute Gasteiger partial charge is 0.257 e. The molecular formula is C10H16N2O2. The molecule has 0 aromatic heterocycles. The van der Waals surface area contributed by atoms with E-state index in [0.717, 1.165) is 0 Å². The summed E-state index contributed by atoms with van der Waals surface area (Å²) in [7, 11) is 0.